The second-order valence-electron chi connectivity index (χ2n) is 9.27. The van der Waals surface area contributed by atoms with Gasteiger partial charge in [0.15, 0.2) is 0 Å². The Labute approximate surface area is 204 Å². The van der Waals surface area contributed by atoms with Gasteiger partial charge in [0.25, 0.3) is 0 Å². The van der Waals surface area contributed by atoms with Crippen molar-refractivity contribution in [3.63, 3.8) is 0 Å². The van der Waals surface area contributed by atoms with Crippen molar-refractivity contribution in [3.05, 3.63) is 71.3 Å². The van der Waals surface area contributed by atoms with Gasteiger partial charge in [-0.1, -0.05) is 54.6 Å². The van der Waals surface area contributed by atoms with Gasteiger partial charge in [-0.3, -0.25) is 9.80 Å². The van der Waals surface area contributed by atoms with Crippen LogP contribution in [0.4, 0.5) is 4.79 Å². The van der Waals surface area contributed by atoms with Crippen molar-refractivity contribution >= 4 is 6.03 Å². The number of morpholine rings is 1. The highest BCUT2D eigenvalue weighted by atomic mass is 16.5. The maximum Gasteiger partial charge on any atom is 0.315 e. The molecule has 2 aromatic rings. The van der Waals surface area contributed by atoms with Gasteiger partial charge in [-0.05, 0) is 29.7 Å². The Morgan fingerprint density at radius 1 is 0.735 bits per heavy atom. The molecule has 2 amide bonds. The largest absolute Gasteiger partial charge is 0.379 e. The minimum Gasteiger partial charge on any atom is -0.379 e. The molecular weight excluding hydrogens is 426 g/mol. The zero-order valence-electron chi connectivity index (χ0n) is 20.3. The Bertz CT molecular complexity index is 864. The van der Waals surface area contributed by atoms with E-state index in [2.05, 4.69) is 79.9 Å². The van der Waals surface area contributed by atoms with E-state index in [0.29, 0.717) is 13.1 Å². The van der Waals surface area contributed by atoms with Crippen LogP contribution in [-0.4, -0.2) is 86.3 Å². The van der Waals surface area contributed by atoms with Gasteiger partial charge in [0.2, 0.25) is 0 Å². The van der Waals surface area contributed by atoms with Crippen LogP contribution in [0, 0.1) is 0 Å². The van der Waals surface area contributed by atoms with Gasteiger partial charge in [0.1, 0.15) is 0 Å². The van der Waals surface area contributed by atoms with Crippen LogP contribution in [-0.2, 0) is 24.4 Å². The summed E-state index contributed by atoms with van der Waals surface area (Å²) < 4.78 is 5.42. The maximum atomic E-state index is 12.2. The standard InChI is InChI=1S/C27H39N5O2/c33-27(29-21-25-8-4-9-26(20-25)23-32-16-18-34-19-17-32)28-10-5-11-30-12-14-31(15-13-30)22-24-6-2-1-3-7-24/h1-4,6-9,20H,5,10-19,21-23H2,(H2,28,29,33). The molecule has 2 N–H and O–H groups in total. The van der Waals surface area contributed by atoms with Crippen molar-refractivity contribution in [1.29, 1.82) is 0 Å². The monoisotopic (exact) mass is 465 g/mol. The third-order valence-corrected chi connectivity index (χ3v) is 6.60. The summed E-state index contributed by atoms with van der Waals surface area (Å²) in [4.78, 5) is 19.7. The lowest BCUT2D eigenvalue weighted by Crippen LogP contribution is -2.46. The molecule has 0 aliphatic carbocycles. The molecule has 2 saturated heterocycles. The van der Waals surface area contributed by atoms with Crippen LogP contribution >= 0.6 is 0 Å². The summed E-state index contributed by atoms with van der Waals surface area (Å²) in [6.07, 6.45) is 0.973. The van der Waals surface area contributed by atoms with Crippen LogP contribution in [0.5, 0.6) is 0 Å². The van der Waals surface area contributed by atoms with Gasteiger partial charge in [0, 0.05) is 65.4 Å². The minimum atomic E-state index is -0.0914. The predicted octanol–water partition coefficient (Wildman–Crippen LogP) is 2.53. The van der Waals surface area contributed by atoms with E-state index >= 15 is 0 Å². The molecule has 184 valence electrons. The van der Waals surface area contributed by atoms with E-state index in [-0.39, 0.29) is 6.03 Å². The van der Waals surface area contributed by atoms with Crippen molar-refractivity contribution in [1.82, 2.24) is 25.3 Å². The van der Waals surface area contributed by atoms with Gasteiger partial charge in [-0.2, -0.15) is 0 Å². The van der Waals surface area contributed by atoms with Crippen LogP contribution in [0.2, 0.25) is 0 Å². The molecule has 4 rings (SSSR count). The van der Waals surface area contributed by atoms with E-state index in [4.69, 9.17) is 4.74 Å². The van der Waals surface area contributed by atoms with E-state index in [1.54, 1.807) is 0 Å². The van der Waals surface area contributed by atoms with E-state index in [9.17, 15) is 4.79 Å². The lowest BCUT2D eigenvalue weighted by atomic mass is 10.1. The topological polar surface area (TPSA) is 60.1 Å². The normalized spacial score (nSPS) is 18.0. The van der Waals surface area contributed by atoms with Gasteiger partial charge < -0.3 is 20.3 Å². The highest BCUT2D eigenvalue weighted by molar-refractivity contribution is 5.73. The van der Waals surface area contributed by atoms with Gasteiger partial charge in [-0.25, -0.2) is 4.79 Å². The molecule has 2 fully saturated rings. The Morgan fingerprint density at radius 3 is 2.18 bits per heavy atom. The number of nitrogens with zero attached hydrogens (tertiary/aromatic N) is 3. The number of benzene rings is 2. The first-order valence-corrected chi connectivity index (χ1v) is 12.6. The number of piperazine rings is 1. The summed E-state index contributed by atoms with van der Waals surface area (Å²) in [5.41, 5.74) is 3.80. The summed E-state index contributed by atoms with van der Waals surface area (Å²) in [6, 6.07) is 19.1. The van der Waals surface area contributed by atoms with E-state index in [1.807, 2.05) is 0 Å². The Balaban J connectivity index is 1.06. The molecule has 2 aromatic carbocycles. The van der Waals surface area contributed by atoms with Crippen molar-refractivity contribution in [2.75, 3.05) is 65.6 Å². The summed E-state index contributed by atoms with van der Waals surface area (Å²) >= 11 is 0. The van der Waals surface area contributed by atoms with E-state index in [0.717, 1.165) is 84.1 Å². The number of hydrogen-bond donors (Lipinski definition) is 2. The maximum absolute atomic E-state index is 12.2. The van der Waals surface area contributed by atoms with Crippen molar-refractivity contribution in [2.45, 2.75) is 26.1 Å². The number of carbonyl (C=O) groups is 1. The SMILES string of the molecule is O=C(NCCCN1CCN(Cc2ccccc2)CC1)NCc1cccc(CN2CCOCC2)c1. The lowest BCUT2D eigenvalue weighted by molar-refractivity contribution is 0.0342. The van der Waals surface area contributed by atoms with Crippen LogP contribution in [0.25, 0.3) is 0 Å². The third-order valence-electron chi connectivity index (χ3n) is 6.60. The smallest absolute Gasteiger partial charge is 0.315 e. The molecule has 2 aliphatic rings. The number of carbonyl (C=O) groups excluding carboxylic acids is 1. The van der Waals surface area contributed by atoms with Crippen LogP contribution in [0.15, 0.2) is 54.6 Å². The first-order valence-electron chi connectivity index (χ1n) is 12.6. The van der Waals surface area contributed by atoms with Crippen LogP contribution < -0.4 is 10.6 Å². The van der Waals surface area contributed by atoms with Crippen LogP contribution in [0.3, 0.4) is 0 Å². The number of nitrogens with one attached hydrogen (secondary N) is 2. The zero-order valence-corrected chi connectivity index (χ0v) is 20.3. The van der Waals surface area contributed by atoms with Crippen molar-refractivity contribution in [3.8, 4) is 0 Å². The molecular formula is C27H39N5O2. The number of amides is 2. The molecule has 2 heterocycles. The number of rotatable bonds is 10. The number of hydrogen-bond acceptors (Lipinski definition) is 5. The fourth-order valence-electron chi connectivity index (χ4n) is 4.62. The average molecular weight is 466 g/mol. The predicted molar refractivity (Wildman–Crippen MR) is 136 cm³/mol. The first-order chi connectivity index (χ1) is 16.7. The molecule has 0 aromatic heterocycles. The van der Waals surface area contributed by atoms with Gasteiger partial charge >= 0.3 is 6.03 Å². The van der Waals surface area contributed by atoms with Crippen LogP contribution in [0.1, 0.15) is 23.1 Å². The van der Waals surface area contributed by atoms with E-state index in [1.165, 1.54) is 11.1 Å². The van der Waals surface area contributed by atoms with Gasteiger partial charge in [-0.15, -0.1) is 0 Å². The van der Waals surface area contributed by atoms with Crippen molar-refractivity contribution in [2.24, 2.45) is 0 Å². The highest BCUT2D eigenvalue weighted by Gasteiger charge is 2.16. The number of ether oxygens (including phenoxy) is 1. The van der Waals surface area contributed by atoms with Crippen molar-refractivity contribution < 1.29 is 9.53 Å². The third kappa shape index (κ3) is 8.40. The molecule has 7 heteroatoms. The average Bonchev–Trinajstić information content (AvgIpc) is 2.88. The molecule has 0 spiro atoms. The summed E-state index contributed by atoms with van der Waals surface area (Å²) in [5, 5.41) is 6.00. The minimum absolute atomic E-state index is 0.0914. The molecule has 2 aliphatic heterocycles. The summed E-state index contributed by atoms with van der Waals surface area (Å²) in [5.74, 6) is 0. The molecule has 0 bridgehead atoms. The summed E-state index contributed by atoms with van der Waals surface area (Å²) in [6.45, 7) is 12.2. The zero-order chi connectivity index (χ0) is 23.4. The highest BCUT2D eigenvalue weighted by Crippen LogP contribution is 2.10. The Hall–Kier alpha value is -2.45. The molecule has 34 heavy (non-hydrogen) atoms. The molecule has 0 radical (unpaired) electrons. The number of urea groups is 1. The lowest BCUT2D eigenvalue weighted by Gasteiger charge is -2.34. The molecule has 0 saturated carbocycles. The molecule has 7 nitrogen and oxygen atoms in total. The quantitative estimate of drug-likeness (QED) is 0.528. The summed E-state index contributed by atoms with van der Waals surface area (Å²) in [7, 11) is 0. The molecule has 0 atom stereocenters. The fourth-order valence-corrected chi connectivity index (χ4v) is 4.62. The van der Waals surface area contributed by atoms with E-state index < -0.39 is 0 Å². The fraction of sp³-hybridized carbons (Fsp3) is 0.519. The Kier molecular flexibility index (Phi) is 9.75. The first kappa shape index (κ1) is 24.7. The second kappa shape index (κ2) is 13.4. The van der Waals surface area contributed by atoms with Gasteiger partial charge in [0.05, 0.1) is 13.2 Å². The Morgan fingerprint density at radius 2 is 1.38 bits per heavy atom. The molecule has 0 unspecified atom stereocenters. The second-order valence-corrected chi connectivity index (χ2v) is 9.27.